The number of phenols is 1. The average molecular weight is 294 g/mol. The van der Waals surface area contributed by atoms with E-state index in [1.165, 1.54) is 31.2 Å². The lowest BCUT2D eigenvalue weighted by Gasteiger charge is -2.34. The van der Waals surface area contributed by atoms with Crippen molar-refractivity contribution >= 4 is 11.8 Å². The molecule has 1 heterocycles. The number of morpholine rings is 1. The molecule has 7 nitrogen and oxygen atoms in total. The Morgan fingerprint density at radius 2 is 2.24 bits per heavy atom. The highest BCUT2D eigenvalue weighted by Crippen LogP contribution is 2.25. The molecule has 2 rings (SSSR count). The lowest BCUT2D eigenvalue weighted by Crippen LogP contribution is -2.55. The molecule has 1 aromatic carbocycles. The van der Waals surface area contributed by atoms with Crippen LogP contribution in [0.15, 0.2) is 18.2 Å². The zero-order valence-corrected chi connectivity index (χ0v) is 12.0. The Kier molecular flexibility index (Phi) is 4.64. The Bertz CT molecular complexity index is 546. The Morgan fingerprint density at radius 1 is 1.48 bits per heavy atom. The molecule has 0 aromatic heterocycles. The van der Waals surface area contributed by atoms with Crippen molar-refractivity contribution in [3.63, 3.8) is 0 Å². The minimum Gasteiger partial charge on any atom is -0.507 e. The van der Waals surface area contributed by atoms with E-state index < -0.39 is 11.9 Å². The van der Waals surface area contributed by atoms with Gasteiger partial charge < -0.3 is 24.8 Å². The van der Waals surface area contributed by atoms with E-state index in [1.807, 2.05) is 0 Å². The summed E-state index contributed by atoms with van der Waals surface area (Å²) in [6, 6.07) is 3.73. The highest BCUT2D eigenvalue weighted by atomic mass is 16.5. The van der Waals surface area contributed by atoms with Gasteiger partial charge in [0, 0.05) is 19.7 Å². The minimum atomic E-state index is -0.697. The summed E-state index contributed by atoms with van der Waals surface area (Å²) in [5.74, 6) is -0.432. The fraction of sp³-hybridized carbons (Fsp3) is 0.429. The third kappa shape index (κ3) is 3.08. The van der Waals surface area contributed by atoms with Gasteiger partial charge in [0.25, 0.3) is 5.91 Å². The fourth-order valence-electron chi connectivity index (χ4n) is 2.20. The summed E-state index contributed by atoms with van der Waals surface area (Å²) < 4.78 is 10.2. The molecule has 1 aliphatic heterocycles. The summed E-state index contributed by atoms with van der Waals surface area (Å²) in [4.78, 5) is 25.8. The van der Waals surface area contributed by atoms with Gasteiger partial charge in [-0.2, -0.15) is 0 Å². The molecule has 0 bridgehead atoms. The van der Waals surface area contributed by atoms with Crippen LogP contribution in [0.5, 0.6) is 11.5 Å². The number of likely N-dealkylation sites (N-methyl/N-ethyl adjacent to an activating group) is 1. The summed E-state index contributed by atoms with van der Waals surface area (Å²) in [6.07, 6.45) is 0. The van der Waals surface area contributed by atoms with Gasteiger partial charge >= 0.3 is 0 Å². The maximum absolute atomic E-state index is 12.5. The summed E-state index contributed by atoms with van der Waals surface area (Å²) in [5.41, 5.74) is 0.131. The number of ether oxygens (including phenoxy) is 2. The number of nitrogens with zero attached hydrogens (tertiary/aromatic N) is 1. The first-order chi connectivity index (χ1) is 10.1. The van der Waals surface area contributed by atoms with Crippen LogP contribution in [0, 0.1) is 0 Å². The highest BCUT2D eigenvalue weighted by molar-refractivity contribution is 5.99. The van der Waals surface area contributed by atoms with Crippen LogP contribution in [0.2, 0.25) is 0 Å². The maximum Gasteiger partial charge on any atom is 0.258 e. The van der Waals surface area contributed by atoms with E-state index in [-0.39, 0.29) is 23.8 Å². The fourth-order valence-corrected chi connectivity index (χ4v) is 2.20. The molecular formula is C14H18N2O5. The molecule has 1 aromatic rings. The number of benzene rings is 1. The second-order valence-corrected chi connectivity index (χ2v) is 4.59. The number of aromatic hydroxyl groups is 1. The Balaban J connectivity index is 2.26. The summed E-state index contributed by atoms with van der Waals surface area (Å²) in [6.45, 7) is 0.793. The van der Waals surface area contributed by atoms with Gasteiger partial charge in [-0.3, -0.25) is 9.59 Å². The van der Waals surface area contributed by atoms with Gasteiger partial charge in [-0.25, -0.2) is 0 Å². The second-order valence-electron chi connectivity index (χ2n) is 4.59. The number of carbonyl (C=O) groups excluding carboxylic acids is 2. The molecule has 0 aliphatic carbocycles. The summed E-state index contributed by atoms with van der Waals surface area (Å²) in [5, 5.41) is 12.5. The van der Waals surface area contributed by atoms with Crippen molar-refractivity contribution in [1.29, 1.82) is 0 Å². The first-order valence-electron chi connectivity index (χ1n) is 6.55. The zero-order valence-electron chi connectivity index (χ0n) is 12.0. The van der Waals surface area contributed by atoms with Crippen molar-refractivity contribution in [2.75, 3.05) is 33.9 Å². The number of amides is 2. The van der Waals surface area contributed by atoms with E-state index >= 15 is 0 Å². The first-order valence-corrected chi connectivity index (χ1v) is 6.55. The SMILES string of the molecule is CNC(=O)C1COCCN1C(=O)c1ccc(OC)cc1O. The van der Waals surface area contributed by atoms with Crippen molar-refractivity contribution in [2.24, 2.45) is 0 Å². The number of rotatable bonds is 3. The standard InChI is InChI=1S/C14H18N2O5/c1-15-13(18)11-8-21-6-5-16(11)14(19)10-4-3-9(20-2)7-12(10)17/h3-4,7,11,17H,5-6,8H2,1-2H3,(H,15,18). The van der Waals surface area contributed by atoms with E-state index in [9.17, 15) is 14.7 Å². The molecule has 1 saturated heterocycles. The van der Waals surface area contributed by atoms with Gasteiger partial charge in [0.15, 0.2) is 0 Å². The molecular weight excluding hydrogens is 276 g/mol. The van der Waals surface area contributed by atoms with Gasteiger partial charge in [-0.1, -0.05) is 0 Å². The van der Waals surface area contributed by atoms with E-state index in [0.717, 1.165) is 0 Å². The van der Waals surface area contributed by atoms with Crippen molar-refractivity contribution in [3.8, 4) is 11.5 Å². The topological polar surface area (TPSA) is 88.1 Å². The van der Waals surface area contributed by atoms with Gasteiger partial charge in [-0.05, 0) is 12.1 Å². The van der Waals surface area contributed by atoms with Crippen LogP contribution in [0.1, 0.15) is 10.4 Å². The van der Waals surface area contributed by atoms with Crippen LogP contribution in [0.25, 0.3) is 0 Å². The number of nitrogens with one attached hydrogen (secondary N) is 1. The Labute approximate surface area is 122 Å². The number of hydrogen-bond acceptors (Lipinski definition) is 5. The Hall–Kier alpha value is -2.28. The molecule has 0 spiro atoms. The molecule has 1 atom stereocenters. The summed E-state index contributed by atoms with van der Waals surface area (Å²) >= 11 is 0. The quantitative estimate of drug-likeness (QED) is 0.818. The maximum atomic E-state index is 12.5. The van der Waals surface area contributed by atoms with Crippen molar-refractivity contribution in [3.05, 3.63) is 23.8 Å². The van der Waals surface area contributed by atoms with E-state index in [4.69, 9.17) is 9.47 Å². The van der Waals surface area contributed by atoms with Crippen LogP contribution >= 0.6 is 0 Å². The minimum absolute atomic E-state index is 0.131. The third-order valence-corrected chi connectivity index (χ3v) is 3.37. The predicted molar refractivity (Wildman–Crippen MR) is 74.4 cm³/mol. The molecule has 2 N–H and O–H groups in total. The molecule has 0 saturated carbocycles. The van der Waals surface area contributed by atoms with E-state index in [2.05, 4.69) is 5.32 Å². The van der Waals surface area contributed by atoms with Crippen molar-refractivity contribution < 1.29 is 24.2 Å². The molecule has 2 amide bonds. The number of hydrogen-bond donors (Lipinski definition) is 2. The third-order valence-electron chi connectivity index (χ3n) is 3.37. The Morgan fingerprint density at radius 3 is 2.86 bits per heavy atom. The van der Waals surface area contributed by atoms with E-state index in [0.29, 0.717) is 18.9 Å². The van der Waals surface area contributed by atoms with Gasteiger partial charge in [0.2, 0.25) is 5.91 Å². The van der Waals surface area contributed by atoms with Gasteiger partial charge in [0.1, 0.15) is 17.5 Å². The van der Waals surface area contributed by atoms with Crippen LogP contribution in [-0.4, -0.2) is 61.8 Å². The number of carbonyl (C=O) groups is 2. The molecule has 0 radical (unpaired) electrons. The second kappa shape index (κ2) is 6.45. The monoisotopic (exact) mass is 294 g/mol. The normalized spacial score (nSPS) is 18.2. The van der Waals surface area contributed by atoms with Crippen LogP contribution < -0.4 is 10.1 Å². The first kappa shape index (κ1) is 15.1. The van der Waals surface area contributed by atoms with E-state index in [1.54, 1.807) is 6.07 Å². The average Bonchev–Trinajstić information content (AvgIpc) is 2.53. The molecule has 1 fully saturated rings. The molecule has 1 unspecified atom stereocenters. The highest BCUT2D eigenvalue weighted by Gasteiger charge is 2.33. The molecule has 1 aliphatic rings. The molecule has 7 heteroatoms. The lowest BCUT2D eigenvalue weighted by atomic mass is 10.1. The largest absolute Gasteiger partial charge is 0.507 e. The lowest BCUT2D eigenvalue weighted by molar-refractivity contribution is -0.130. The zero-order chi connectivity index (χ0) is 15.4. The smallest absolute Gasteiger partial charge is 0.258 e. The van der Waals surface area contributed by atoms with Gasteiger partial charge in [-0.15, -0.1) is 0 Å². The number of phenolic OH excluding ortho intramolecular Hbond substituents is 1. The van der Waals surface area contributed by atoms with Gasteiger partial charge in [0.05, 0.1) is 25.9 Å². The van der Waals surface area contributed by atoms with Crippen LogP contribution in [0.4, 0.5) is 0 Å². The van der Waals surface area contributed by atoms with Crippen LogP contribution in [-0.2, 0) is 9.53 Å². The molecule has 21 heavy (non-hydrogen) atoms. The predicted octanol–water partition coefficient (Wildman–Crippen LogP) is -0.0122. The van der Waals surface area contributed by atoms with Crippen LogP contribution in [0.3, 0.4) is 0 Å². The number of methoxy groups -OCH3 is 1. The molecule has 114 valence electrons. The van der Waals surface area contributed by atoms with Crippen molar-refractivity contribution in [2.45, 2.75) is 6.04 Å². The van der Waals surface area contributed by atoms with Crippen molar-refractivity contribution in [1.82, 2.24) is 10.2 Å². The summed E-state index contributed by atoms with van der Waals surface area (Å²) in [7, 11) is 2.98.